The first-order chi connectivity index (χ1) is 8.46. The first-order valence-corrected chi connectivity index (χ1v) is 7.08. The van der Waals surface area contributed by atoms with Crippen LogP contribution in [-0.2, 0) is 4.74 Å². The van der Waals surface area contributed by atoms with Gasteiger partial charge in [0.1, 0.15) is 10.7 Å². The lowest BCUT2D eigenvalue weighted by atomic mass is 9.76. The quantitative estimate of drug-likeness (QED) is 0.613. The van der Waals surface area contributed by atoms with Crippen LogP contribution in [0, 0.1) is 5.41 Å². The molecule has 0 radical (unpaired) electrons. The van der Waals surface area contributed by atoms with Crippen LogP contribution in [0.2, 0.25) is 0 Å². The largest absolute Gasteiger partial charge is 0.459 e. The summed E-state index contributed by atoms with van der Waals surface area (Å²) in [5, 5.41) is 0. The van der Waals surface area contributed by atoms with Crippen molar-refractivity contribution >= 4 is 21.9 Å². The van der Waals surface area contributed by atoms with Gasteiger partial charge in [-0.05, 0) is 59.2 Å². The molecule has 2 rings (SSSR count). The summed E-state index contributed by atoms with van der Waals surface area (Å²) in [5.41, 5.74) is 0.908. The van der Waals surface area contributed by atoms with E-state index in [4.69, 9.17) is 4.74 Å². The molecular formula is C14H18BrNO2. The topological polar surface area (TPSA) is 39.2 Å². The van der Waals surface area contributed by atoms with Gasteiger partial charge < -0.3 is 4.74 Å². The molecule has 0 unspecified atom stereocenters. The second-order valence-electron chi connectivity index (χ2n) is 5.64. The van der Waals surface area contributed by atoms with E-state index in [-0.39, 0.29) is 12.1 Å². The highest BCUT2D eigenvalue weighted by Crippen LogP contribution is 2.36. The van der Waals surface area contributed by atoms with Gasteiger partial charge in [-0.3, -0.25) is 0 Å². The second kappa shape index (κ2) is 5.39. The minimum Gasteiger partial charge on any atom is -0.459 e. The van der Waals surface area contributed by atoms with Crippen LogP contribution in [0.1, 0.15) is 49.9 Å². The zero-order chi connectivity index (χ0) is 13.2. The Hall–Kier alpha value is -0.900. The van der Waals surface area contributed by atoms with E-state index in [1.165, 1.54) is 0 Å². The Kier molecular flexibility index (Phi) is 4.05. The molecule has 1 aromatic heterocycles. The molecule has 18 heavy (non-hydrogen) atoms. The fourth-order valence-corrected chi connectivity index (χ4v) is 2.44. The highest BCUT2D eigenvalue weighted by Gasteiger charge is 2.29. The Morgan fingerprint density at radius 1 is 1.39 bits per heavy atom. The maximum Gasteiger partial charge on any atom is 0.339 e. The van der Waals surface area contributed by atoms with Gasteiger partial charge in [0.15, 0.2) is 0 Å². The minimum atomic E-state index is -0.264. The van der Waals surface area contributed by atoms with Crippen molar-refractivity contribution in [2.75, 3.05) is 0 Å². The third-order valence-corrected chi connectivity index (χ3v) is 3.99. The van der Waals surface area contributed by atoms with Crippen molar-refractivity contribution in [2.24, 2.45) is 5.41 Å². The van der Waals surface area contributed by atoms with Crippen LogP contribution in [0.4, 0.5) is 0 Å². The molecule has 0 aliphatic heterocycles. The van der Waals surface area contributed by atoms with Gasteiger partial charge in [-0.25, -0.2) is 9.78 Å². The van der Waals surface area contributed by atoms with Gasteiger partial charge >= 0.3 is 5.97 Å². The Morgan fingerprint density at radius 3 is 2.61 bits per heavy atom. The zero-order valence-corrected chi connectivity index (χ0v) is 12.4. The summed E-state index contributed by atoms with van der Waals surface area (Å²) in [4.78, 5) is 15.9. The number of aromatic nitrogens is 1. The maximum atomic E-state index is 11.9. The van der Waals surface area contributed by atoms with Crippen molar-refractivity contribution in [1.82, 2.24) is 4.98 Å². The van der Waals surface area contributed by atoms with E-state index >= 15 is 0 Å². The van der Waals surface area contributed by atoms with Crippen LogP contribution in [0.3, 0.4) is 0 Å². The summed E-state index contributed by atoms with van der Waals surface area (Å²) >= 11 is 3.24. The summed E-state index contributed by atoms with van der Waals surface area (Å²) < 4.78 is 6.24. The first-order valence-electron chi connectivity index (χ1n) is 6.29. The lowest BCUT2D eigenvalue weighted by Crippen LogP contribution is -2.28. The predicted molar refractivity (Wildman–Crippen MR) is 73.4 cm³/mol. The SMILES string of the molecule is CC1(C)CCC(OC(=O)c2ccc(Br)nc2)CC1. The highest BCUT2D eigenvalue weighted by atomic mass is 79.9. The maximum absolute atomic E-state index is 11.9. The molecule has 1 fully saturated rings. The molecule has 0 N–H and O–H groups in total. The average molecular weight is 312 g/mol. The number of rotatable bonds is 2. The van der Waals surface area contributed by atoms with Crippen molar-refractivity contribution in [3.8, 4) is 0 Å². The molecule has 0 saturated heterocycles. The molecule has 1 aromatic rings. The standard InChI is InChI=1S/C14H18BrNO2/c1-14(2)7-5-11(6-8-14)18-13(17)10-3-4-12(15)16-9-10/h3-4,9,11H,5-8H2,1-2H3. The summed E-state index contributed by atoms with van der Waals surface area (Å²) in [6.45, 7) is 4.54. The normalized spacial score (nSPS) is 19.5. The molecule has 3 nitrogen and oxygen atoms in total. The van der Waals surface area contributed by atoms with E-state index in [2.05, 4.69) is 34.8 Å². The first kappa shape index (κ1) is 13.5. The highest BCUT2D eigenvalue weighted by molar-refractivity contribution is 9.10. The van der Waals surface area contributed by atoms with E-state index in [0.717, 1.165) is 30.3 Å². The van der Waals surface area contributed by atoms with Crippen LogP contribution < -0.4 is 0 Å². The van der Waals surface area contributed by atoms with Crippen LogP contribution in [0.25, 0.3) is 0 Å². The third kappa shape index (κ3) is 3.55. The van der Waals surface area contributed by atoms with Crippen molar-refractivity contribution in [3.63, 3.8) is 0 Å². The Bertz CT molecular complexity index is 418. The van der Waals surface area contributed by atoms with Crippen molar-refractivity contribution in [3.05, 3.63) is 28.5 Å². The van der Waals surface area contributed by atoms with Gasteiger partial charge in [0.2, 0.25) is 0 Å². The monoisotopic (exact) mass is 311 g/mol. The summed E-state index contributed by atoms with van der Waals surface area (Å²) in [5.74, 6) is -0.264. The number of nitrogens with zero attached hydrogens (tertiary/aromatic N) is 1. The molecule has 0 aromatic carbocycles. The summed E-state index contributed by atoms with van der Waals surface area (Å²) in [6, 6.07) is 3.48. The number of pyridine rings is 1. The summed E-state index contributed by atoms with van der Waals surface area (Å²) in [7, 11) is 0. The van der Waals surface area contributed by atoms with Crippen LogP contribution in [0.5, 0.6) is 0 Å². The van der Waals surface area contributed by atoms with Crippen molar-refractivity contribution in [1.29, 1.82) is 0 Å². The fraction of sp³-hybridized carbons (Fsp3) is 0.571. The zero-order valence-electron chi connectivity index (χ0n) is 10.8. The van der Waals surface area contributed by atoms with Crippen LogP contribution >= 0.6 is 15.9 Å². The van der Waals surface area contributed by atoms with E-state index in [1.54, 1.807) is 18.3 Å². The second-order valence-corrected chi connectivity index (χ2v) is 6.45. The molecule has 98 valence electrons. The number of carbonyl (C=O) groups is 1. The molecule has 1 heterocycles. The Labute approximate surface area is 116 Å². The molecule has 0 amide bonds. The average Bonchev–Trinajstić information content (AvgIpc) is 2.33. The molecule has 0 bridgehead atoms. The number of hydrogen-bond acceptors (Lipinski definition) is 3. The molecule has 1 aliphatic carbocycles. The minimum absolute atomic E-state index is 0.0640. The number of esters is 1. The number of hydrogen-bond donors (Lipinski definition) is 0. The van der Waals surface area contributed by atoms with Crippen molar-refractivity contribution < 1.29 is 9.53 Å². The lowest BCUT2D eigenvalue weighted by molar-refractivity contribution is 0.00947. The molecule has 1 saturated carbocycles. The molecular weight excluding hydrogens is 294 g/mol. The number of halogens is 1. The van der Waals surface area contributed by atoms with E-state index in [1.807, 2.05) is 0 Å². The lowest BCUT2D eigenvalue weighted by Gasteiger charge is -2.33. The van der Waals surface area contributed by atoms with Gasteiger partial charge in [-0.1, -0.05) is 13.8 Å². The molecule has 0 spiro atoms. The fourth-order valence-electron chi connectivity index (χ4n) is 2.21. The number of carbonyl (C=O) groups excluding carboxylic acids is 1. The van der Waals surface area contributed by atoms with Crippen molar-refractivity contribution in [2.45, 2.75) is 45.6 Å². The van der Waals surface area contributed by atoms with Crippen LogP contribution in [0.15, 0.2) is 22.9 Å². The third-order valence-electron chi connectivity index (χ3n) is 3.52. The van der Waals surface area contributed by atoms with Gasteiger partial charge in [0, 0.05) is 6.20 Å². The van der Waals surface area contributed by atoms with Gasteiger partial charge in [-0.2, -0.15) is 0 Å². The number of ether oxygens (including phenoxy) is 1. The smallest absolute Gasteiger partial charge is 0.339 e. The summed E-state index contributed by atoms with van der Waals surface area (Å²) in [6.07, 6.45) is 5.76. The van der Waals surface area contributed by atoms with Gasteiger partial charge in [0.25, 0.3) is 0 Å². The van der Waals surface area contributed by atoms with Gasteiger partial charge in [0.05, 0.1) is 5.56 Å². The van der Waals surface area contributed by atoms with E-state index < -0.39 is 0 Å². The molecule has 4 heteroatoms. The van der Waals surface area contributed by atoms with E-state index in [0.29, 0.717) is 11.0 Å². The molecule has 0 atom stereocenters. The Balaban J connectivity index is 1.90. The molecule has 1 aliphatic rings. The Morgan fingerprint density at radius 2 is 2.06 bits per heavy atom. The van der Waals surface area contributed by atoms with E-state index in [9.17, 15) is 4.79 Å². The predicted octanol–water partition coefficient (Wildman–Crippen LogP) is 3.97. The van der Waals surface area contributed by atoms with Crippen LogP contribution in [-0.4, -0.2) is 17.1 Å². The van der Waals surface area contributed by atoms with Gasteiger partial charge in [-0.15, -0.1) is 0 Å².